The molecule has 0 saturated heterocycles. The summed E-state index contributed by atoms with van der Waals surface area (Å²) in [4.78, 5) is 29.5. The zero-order valence-corrected chi connectivity index (χ0v) is 19.2. The number of hydrazone groups is 1. The summed E-state index contributed by atoms with van der Waals surface area (Å²) in [6.45, 7) is 2.13. The molecule has 174 valence electrons. The zero-order valence-electron chi connectivity index (χ0n) is 19.2. The van der Waals surface area contributed by atoms with Crippen LogP contribution in [0.2, 0.25) is 0 Å². The highest BCUT2D eigenvalue weighted by Crippen LogP contribution is 2.37. The van der Waals surface area contributed by atoms with Crippen LogP contribution in [0.5, 0.6) is 0 Å². The number of nitrogens with zero attached hydrogens (tertiary/aromatic N) is 5. The number of fused-ring (bicyclic) bond motifs is 1. The van der Waals surface area contributed by atoms with Crippen LogP contribution >= 0.6 is 0 Å². The van der Waals surface area contributed by atoms with Gasteiger partial charge in [-0.2, -0.15) is 10.1 Å². The molecule has 2 unspecified atom stereocenters. The van der Waals surface area contributed by atoms with Gasteiger partial charge in [0, 0.05) is 35.7 Å². The van der Waals surface area contributed by atoms with Crippen LogP contribution in [0, 0.1) is 17.8 Å². The fourth-order valence-corrected chi connectivity index (χ4v) is 4.62. The molecule has 6 rings (SSSR count). The van der Waals surface area contributed by atoms with Gasteiger partial charge in [-0.1, -0.05) is 25.1 Å². The zero-order chi connectivity index (χ0) is 23.4. The molecule has 0 radical (unpaired) electrons. The van der Waals surface area contributed by atoms with Crippen molar-refractivity contribution in [2.45, 2.75) is 38.8 Å². The number of hydrogen-bond donors (Lipinski definition) is 2. The fourth-order valence-electron chi connectivity index (χ4n) is 4.62. The predicted octanol–water partition coefficient (Wildman–Crippen LogP) is 3.15. The average molecular weight is 458 g/mol. The van der Waals surface area contributed by atoms with E-state index in [1.807, 2.05) is 54.5 Å². The Hall–Kier alpha value is -3.75. The maximum atomic E-state index is 13.0. The van der Waals surface area contributed by atoms with Gasteiger partial charge in [0.15, 0.2) is 5.65 Å². The van der Waals surface area contributed by atoms with E-state index < -0.39 is 0 Å². The minimum absolute atomic E-state index is 0.0234. The molecule has 2 atom stereocenters. The Bertz CT molecular complexity index is 1300. The van der Waals surface area contributed by atoms with Crippen LogP contribution in [0.25, 0.3) is 16.9 Å². The second-order valence-corrected chi connectivity index (χ2v) is 9.54. The molecule has 0 spiro atoms. The number of pyridine rings is 1. The van der Waals surface area contributed by atoms with Crippen LogP contribution in [0.4, 0.5) is 5.95 Å². The molecule has 9 nitrogen and oxygen atoms in total. The Balaban J connectivity index is 1.18. The number of aromatic nitrogens is 3. The molecule has 9 heteroatoms. The van der Waals surface area contributed by atoms with Gasteiger partial charge in [-0.15, -0.1) is 5.10 Å². The summed E-state index contributed by atoms with van der Waals surface area (Å²) >= 11 is 0. The molecule has 2 fully saturated rings. The van der Waals surface area contributed by atoms with Crippen molar-refractivity contribution in [1.82, 2.24) is 24.9 Å². The largest absolute Gasteiger partial charge is 0.330 e. The summed E-state index contributed by atoms with van der Waals surface area (Å²) in [5.41, 5.74) is 4.17. The van der Waals surface area contributed by atoms with Gasteiger partial charge in [0.2, 0.25) is 11.9 Å². The van der Waals surface area contributed by atoms with Crippen molar-refractivity contribution in [1.29, 1.82) is 0 Å². The van der Waals surface area contributed by atoms with Crippen molar-refractivity contribution in [3.8, 4) is 11.3 Å². The van der Waals surface area contributed by atoms with E-state index in [4.69, 9.17) is 0 Å². The first-order chi connectivity index (χ1) is 16.5. The lowest BCUT2D eigenvalue weighted by Crippen LogP contribution is -2.46. The van der Waals surface area contributed by atoms with E-state index in [0.29, 0.717) is 23.1 Å². The van der Waals surface area contributed by atoms with Gasteiger partial charge in [-0.25, -0.2) is 4.52 Å². The van der Waals surface area contributed by atoms with Crippen LogP contribution in [0.3, 0.4) is 0 Å². The summed E-state index contributed by atoms with van der Waals surface area (Å²) in [6.07, 6.45) is 4.12. The lowest BCUT2D eigenvalue weighted by molar-refractivity contribution is -0.117. The Morgan fingerprint density at radius 2 is 1.79 bits per heavy atom. The normalized spacial score (nSPS) is 22.1. The quantitative estimate of drug-likeness (QED) is 0.592. The van der Waals surface area contributed by atoms with Crippen LogP contribution < -0.4 is 10.6 Å². The summed E-state index contributed by atoms with van der Waals surface area (Å²) < 4.78 is 1.71. The van der Waals surface area contributed by atoms with E-state index in [-0.39, 0.29) is 29.8 Å². The van der Waals surface area contributed by atoms with Gasteiger partial charge < -0.3 is 5.32 Å². The molecule has 0 bridgehead atoms. The lowest BCUT2D eigenvalue weighted by Gasteiger charge is -2.24. The second-order valence-electron chi connectivity index (χ2n) is 9.54. The molecule has 2 amide bonds. The maximum absolute atomic E-state index is 13.0. The van der Waals surface area contributed by atoms with Crippen molar-refractivity contribution >= 4 is 29.1 Å². The monoisotopic (exact) mass is 457 g/mol. The number of nitrogens with one attached hydrogen (secondary N) is 2. The van der Waals surface area contributed by atoms with Crippen LogP contribution in [-0.2, 0) is 4.79 Å². The number of anilines is 1. The Morgan fingerprint density at radius 3 is 2.50 bits per heavy atom. The third-order valence-electron chi connectivity index (χ3n) is 6.88. The van der Waals surface area contributed by atoms with Crippen LogP contribution in [0.15, 0.2) is 47.6 Å². The molecular formula is C25H27N7O2. The van der Waals surface area contributed by atoms with Crippen molar-refractivity contribution in [3.63, 3.8) is 0 Å². The minimum Gasteiger partial charge on any atom is -0.330 e. The fraction of sp³-hybridized carbons (Fsp3) is 0.400. The number of benzene rings is 1. The number of carbonyl (C=O) groups excluding carboxylic acids is 2. The van der Waals surface area contributed by atoms with Gasteiger partial charge in [0.1, 0.15) is 6.17 Å². The van der Waals surface area contributed by atoms with Gasteiger partial charge >= 0.3 is 0 Å². The molecule has 1 aliphatic heterocycles. The number of amides is 2. The molecule has 2 N–H and O–H groups in total. The Labute approximate surface area is 197 Å². The standard InChI is InChI=1S/C25H27N7O2/c1-14-21(16-8-9-16)29-31(2)22(14)27-23(33)17-10-6-15(7-11-17)19-4-3-5-20-26-25(30-32(19)20)28-24(34)18-12-13-18/h3-7,10-11,14,16,18,22H,8-9,12-13H2,1-2H3,(H,27,33)(H,28,30,34). The molecule has 2 aromatic heterocycles. The van der Waals surface area contributed by atoms with Crippen molar-refractivity contribution in [2.24, 2.45) is 22.9 Å². The number of rotatable bonds is 6. The third kappa shape index (κ3) is 3.81. The van der Waals surface area contributed by atoms with Crippen molar-refractivity contribution < 1.29 is 9.59 Å². The first-order valence-corrected chi connectivity index (χ1v) is 11.9. The predicted molar refractivity (Wildman–Crippen MR) is 128 cm³/mol. The van der Waals surface area contributed by atoms with E-state index in [0.717, 1.165) is 24.1 Å². The summed E-state index contributed by atoms with van der Waals surface area (Å²) in [6, 6.07) is 13.1. The first kappa shape index (κ1) is 20.8. The SMILES string of the molecule is CC1C(C2CC2)=NN(C)C1NC(=O)c1ccc(-c2cccc3nc(NC(=O)C4CC4)nn23)cc1. The summed E-state index contributed by atoms with van der Waals surface area (Å²) in [5, 5.41) is 17.0. The van der Waals surface area contributed by atoms with Gasteiger partial charge in [0.05, 0.1) is 5.69 Å². The Kier molecular flexibility index (Phi) is 4.86. The highest BCUT2D eigenvalue weighted by Gasteiger charge is 2.41. The van der Waals surface area contributed by atoms with E-state index >= 15 is 0 Å². The lowest BCUT2D eigenvalue weighted by atomic mass is 9.99. The van der Waals surface area contributed by atoms with E-state index in [9.17, 15) is 9.59 Å². The van der Waals surface area contributed by atoms with E-state index in [2.05, 4.69) is 32.7 Å². The Morgan fingerprint density at radius 1 is 1.03 bits per heavy atom. The van der Waals surface area contributed by atoms with Crippen LogP contribution in [-0.4, -0.2) is 50.3 Å². The summed E-state index contributed by atoms with van der Waals surface area (Å²) in [7, 11) is 1.92. The molecule has 3 aromatic rings. The molecule has 34 heavy (non-hydrogen) atoms. The van der Waals surface area contributed by atoms with Gasteiger partial charge in [-0.05, 0) is 55.9 Å². The molecule has 1 aromatic carbocycles. The van der Waals surface area contributed by atoms with E-state index in [1.165, 1.54) is 18.6 Å². The van der Waals surface area contributed by atoms with Gasteiger partial charge in [-0.3, -0.25) is 19.9 Å². The number of carbonyl (C=O) groups is 2. The highest BCUT2D eigenvalue weighted by molar-refractivity contribution is 5.97. The highest BCUT2D eigenvalue weighted by atomic mass is 16.2. The molecule has 3 heterocycles. The smallest absolute Gasteiger partial charge is 0.252 e. The molecule has 3 aliphatic rings. The van der Waals surface area contributed by atoms with Crippen molar-refractivity contribution in [2.75, 3.05) is 12.4 Å². The van der Waals surface area contributed by atoms with E-state index in [1.54, 1.807) is 4.52 Å². The third-order valence-corrected chi connectivity index (χ3v) is 6.88. The second kappa shape index (κ2) is 7.93. The van der Waals surface area contributed by atoms with Crippen LogP contribution in [0.1, 0.15) is 43.0 Å². The average Bonchev–Trinajstić information content (AvgIpc) is 3.76. The molecule has 2 saturated carbocycles. The minimum atomic E-state index is -0.129. The van der Waals surface area contributed by atoms with Crippen molar-refractivity contribution in [3.05, 3.63) is 48.0 Å². The maximum Gasteiger partial charge on any atom is 0.252 e. The first-order valence-electron chi connectivity index (χ1n) is 11.9. The molecular weight excluding hydrogens is 430 g/mol. The van der Waals surface area contributed by atoms with Gasteiger partial charge in [0.25, 0.3) is 5.91 Å². The number of hydrogen-bond acceptors (Lipinski definition) is 6. The molecule has 2 aliphatic carbocycles. The topological polar surface area (TPSA) is 104 Å². The summed E-state index contributed by atoms with van der Waals surface area (Å²) in [5.74, 6) is 1.05.